The monoisotopic (exact) mass is 314 g/mol. The van der Waals surface area contributed by atoms with Crippen molar-refractivity contribution in [3.05, 3.63) is 23.8 Å². The van der Waals surface area contributed by atoms with Gasteiger partial charge in [0.25, 0.3) is 0 Å². The smallest absolute Gasteiger partial charge is 0.337 e. The lowest BCUT2D eigenvalue weighted by Gasteiger charge is -2.21. The standard InChI is InChI=1S/C12H14N2O6S/c1-20-9-4-2-3-8(12(16)17)11(9)14-6-7(5-10(14)15)21(13,18)19/h2-4,7H,5-6H2,1H3,(H,16,17)(H2,13,18,19). The number of ether oxygens (including phenoxy) is 1. The zero-order valence-electron chi connectivity index (χ0n) is 11.1. The summed E-state index contributed by atoms with van der Waals surface area (Å²) in [5.74, 6) is -1.57. The van der Waals surface area contributed by atoms with Crippen LogP contribution in [0, 0.1) is 0 Å². The van der Waals surface area contributed by atoms with Gasteiger partial charge in [-0.1, -0.05) is 6.07 Å². The minimum Gasteiger partial charge on any atom is -0.495 e. The molecule has 1 atom stereocenters. The molecular weight excluding hydrogens is 300 g/mol. The first-order valence-corrected chi connectivity index (χ1v) is 7.59. The Balaban J connectivity index is 2.52. The summed E-state index contributed by atoms with van der Waals surface area (Å²) in [6.45, 7) is -0.196. The minimum absolute atomic E-state index is 0.0450. The minimum atomic E-state index is -3.88. The molecule has 0 aliphatic carbocycles. The molecule has 1 aliphatic heterocycles. The molecule has 1 heterocycles. The number of nitrogens with two attached hydrogens (primary N) is 1. The Morgan fingerprint density at radius 1 is 1.48 bits per heavy atom. The Kier molecular flexibility index (Phi) is 3.88. The molecule has 1 saturated heterocycles. The molecule has 9 heteroatoms. The van der Waals surface area contributed by atoms with E-state index in [1.807, 2.05) is 0 Å². The topological polar surface area (TPSA) is 127 Å². The van der Waals surface area contributed by atoms with Gasteiger partial charge in [0.1, 0.15) is 16.7 Å². The molecule has 0 aromatic heterocycles. The number of hydrogen-bond acceptors (Lipinski definition) is 5. The van der Waals surface area contributed by atoms with E-state index in [0.29, 0.717) is 0 Å². The number of hydrogen-bond donors (Lipinski definition) is 2. The van der Waals surface area contributed by atoms with Gasteiger partial charge in [-0.2, -0.15) is 0 Å². The second kappa shape index (κ2) is 5.34. The van der Waals surface area contributed by atoms with E-state index in [4.69, 9.17) is 9.88 Å². The second-order valence-corrected chi connectivity index (χ2v) is 6.43. The molecule has 1 unspecified atom stereocenters. The third kappa shape index (κ3) is 2.83. The number of anilines is 1. The van der Waals surface area contributed by atoms with Crippen LogP contribution < -0.4 is 14.8 Å². The van der Waals surface area contributed by atoms with Crippen molar-refractivity contribution in [2.45, 2.75) is 11.7 Å². The summed E-state index contributed by atoms with van der Waals surface area (Å²) >= 11 is 0. The predicted molar refractivity (Wildman–Crippen MR) is 73.8 cm³/mol. The summed E-state index contributed by atoms with van der Waals surface area (Å²) < 4.78 is 27.8. The number of benzene rings is 1. The van der Waals surface area contributed by atoms with Crippen LogP contribution in [0.4, 0.5) is 5.69 Å². The normalized spacial score (nSPS) is 18.9. The predicted octanol–water partition coefficient (Wildman–Crippen LogP) is -0.213. The van der Waals surface area contributed by atoms with Crippen LogP contribution in [0.15, 0.2) is 18.2 Å². The summed E-state index contributed by atoms with van der Waals surface area (Å²) in [6, 6.07) is 4.29. The summed E-state index contributed by atoms with van der Waals surface area (Å²) in [5, 5.41) is 13.2. The number of carboxylic acids is 1. The lowest BCUT2D eigenvalue weighted by Crippen LogP contribution is -2.32. The molecule has 0 bridgehead atoms. The molecule has 0 saturated carbocycles. The van der Waals surface area contributed by atoms with Crippen molar-refractivity contribution in [3.8, 4) is 5.75 Å². The number of carbonyl (C=O) groups is 2. The Hall–Kier alpha value is -2.13. The van der Waals surface area contributed by atoms with Gasteiger partial charge >= 0.3 is 5.97 Å². The maximum absolute atomic E-state index is 12.0. The summed E-state index contributed by atoms with van der Waals surface area (Å²) in [7, 11) is -2.54. The molecule has 1 aromatic rings. The molecule has 1 aliphatic rings. The SMILES string of the molecule is COc1cccc(C(=O)O)c1N1CC(S(N)(=O)=O)CC1=O. The fourth-order valence-corrected chi connectivity index (χ4v) is 2.98. The van der Waals surface area contributed by atoms with Crippen LogP contribution in [0.5, 0.6) is 5.75 Å². The van der Waals surface area contributed by atoms with Gasteiger partial charge in [-0.15, -0.1) is 0 Å². The quantitative estimate of drug-likeness (QED) is 0.791. The van der Waals surface area contributed by atoms with Crippen molar-refractivity contribution in [3.63, 3.8) is 0 Å². The third-order valence-electron chi connectivity index (χ3n) is 3.27. The van der Waals surface area contributed by atoms with E-state index in [1.54, 1.807) is 0 Å². The van der Waals surface area contributed by atoms with Gasteiger partial charge < -0.3 is 14.7 Å². The van der Waals surface area contributed by atoms with Gasteiger partial charge in [0.15, 0.2) is 0 Å². The van der Waals surface area contributed by atoms with Gasteiger partial charge in [-0.3, -0.25) is 4.79 Å². The highest BCUT2D eigenvalue weighted by Crippen LogP contribution is 2.35. The number of sulfonamides is 1. The Bertz CT molecular complexity index is 700. The number of nitrogens with zero attached hydrogens (tertiary/aromatic N) is 1. The van der Waals surface area contributed by atoms with Crippen molar-refractivity contribution in [1.82, 2.24) is 0 Å². The van der Waals surface area contributed by atoms with Crippen LogP contribution in [0.2, 0.25) is 0 Å². The van der Waals surface area contributed by atoms with Crippen molar-refractivity contribution < 1.29 is 27.9 Å². The number of rotatable bonds is 4. The van der Waals surface area contributed by atoms with Crippen LogP contribution in [0.25, 0.3) is 0 Å². The number of methoxy groups -OCH3 is 1. The molecule has 1 aromatic carbocycles. The fraction of sp³-hybridized carbons (Fsp3) is 0.333. The first-order chi connectivity index (χ1) is 9.75. The Morgan fingerprint density at radius 3 is 2.62 bits per heavy atom. The summed E-state index contributed by atoms with van der Waals surface area (Å²) in [5.41, 5.74) is -0.0959. The molecular formula is C12H14N2O6S. The number of para-hydroxylation sites is 1. The lowest BCUT2D eigenvalue weighted by atomic mass is 10.1. The first-order valence-electron chi connectivity index (χ1n) is 5.98. The van der Waals surface area contributed by atoms with Gasteiger partial charge in [-0.05, 0) is 12.1 Å². The van der Waals surface area contributed by atoms with Crippen molar-refractivity contribution in [2.24, 2.45) is 5.14 Å². The second-order valence-electron chi connectivity index (χ2n) is 4.58. The first kappa shape index (κ1) is 15.3. The van der Waals surface area contributed by atoms with Crippen LogP contribution in [0.3, 0.4) is 0 Å². The van der Waals surface area contributed by atoms with E-state index < -0.39 is 27.1 Å². The number of carboxylic acid groups (broad SMARTS) is 1. The molecule has 114 valence electrons. The number of amides is 1. The van der Waals surface area contributed by atoms with Gasteiger partial charge in [0.05, 0.1) is 12.7 Å². The maximum Gasteiger partial charge on any atom is 0.337 e. The van der Waals surface area contributed by atoms with Gasteiger partial charge in [-0.25, -0.2) is 18.4 Å². The van der Waals surface area contributed by atoms with Crippen LogP contribution in [0.1, 0.15) is 16.8 Å². The van der Waals surface area contributed by atoms with E-state index in [1.165, 1.54) is 25.3 Å². The molecule has 2 rings (SSSR count). The van der Waals surface area contributed by atoms with Gasteiger partial charge in [0.2, 0.25) is 15.9 Å². The van der Waals surface area contributed by atoms with E-state index in [-0.39, 0.29) is 30.0 Å². The highest BCUT2D eigenvalue weighted by molar-refractivity contribution is 7.89. The molecule has 1 fully saturated rings. The van der Waals surface area contributed by atoms with Crippen molar-refractivity contribution in [1.29, 1.82) is 0 Å². The number of carbonyl (C=O) groups excluding carboxylic acids is 1. The van der Waals surface area contributed by atoms with Crippen LogP contribution in [-0.2, 0) is 14.8 Å². The van der Waals surface area contributed by atoms with Crippen molar-refractivity contribution in [2.75, 3.05) is 18.6 Å². The zero-order chi connectivity index (χ0) is 15.8. The molecule has 0 spiro atoms. The third-order valence-corrected chi connectivity index (χ3v) is 4.52. The molecule has 0 radical (unpaired) electrons. The van der Waals surface area contributed by atoms with E-state index in [2.05, 4.69) is 0 Å². The van der Waals surface area contributed by atoms with E-state index in [9.17, 15) is 23.1 Å². The molecule has 1 amide bonds. The van der Waals surface area contributed by atoms with E-state index in [0.717, 1.165) is 4.90 Å². The van der Waals surface area contributed by atoms with Gasteiger partial charge in [0, 0.05) is 13.0 Å². The average Bonchev–Trinajstić information content (AvgIpc) is 2.79. The average molecular weight is 314 g/mol. The summed E-state index contributed by atoms with van der Waals surface area (Å²) in [4.78, 5) is 24.4. The largest absolute Gasteiger partial charge is 0.495 e. The Morgan fingerprint density at radius 2 is 2.14 bits per heavy atom. The number of primary sulfonamides is 1. The number of aromatic carboxylic acids is 1. The molecule has 21 heavy (non-hydrogen) atoms. The fourth-order valence-electron chi connectivity index (χ4n) is 2.25. The maximum atomic E-state index is 12.0. The highest BCUT2D eigenvalue weighted by atomic mass is 32.2. The van der Waals surface area contributed by atoms with Crippen molar-refractivity contribution >= 4 is 27.6 Å². The lowest BCUT2D eigenvalue weighted by molar-refractivity contribution is -0.117. The van der Waals surface area contributed by atoms with Crippen LogP contribution >= 0.6 is 0 Å². The zero-order valence-corrected chi connectivity index (χ0v) is 12.0. The van der Waals surface area contributed by atoms with Crippen LogP contribution in [-0.4, -0.2) is 44.3 Å². The highest BCUT2D eigenvalue weighted by Gasteiger charge is 2.39. The summed E-state index contributed by atoms with van der Waals surface area (Å²) in [6.07, 6.45) is -0.282. The molecule has 8 nitrogen and oxygen atoms in total. The van der Waals surface area contributed by atoms with E-state index >= 15 is 0 Å². The molecule has 3 N–H and O–H groups in total. The Labute approximate surface area is 121 Å².